The maximum atomic E-state index is 12.8. The maximum absolute atomic E-state index is 12.8. The normalized spacial score (nSPS) is 20.5. The van der Waals surface area contributed by atoms with Gasteiger partial charge in [-0.05, 0) is 38.1 Å². The number of rotatable bonds is 7. The van der Waals surface area contributed by atoms with Crippen molar-refractivity contribution in [2.45, 2.75) is 39.2 Å². The number of nitrogens with zero attached hydrogens (tertiary/aromatic N) is 3. The van der Waals surface area contributed by atoms with Crippen LogP contribution in [-0.2, 0) is 4.79 Å². The van der Waals surface area contributed by atoms with Crippen molar-refractivity contribution in [1.82, 2.24) is 20.9 Å². The Bertz CT molecular complexity index is 703. The van der Waals surface area contributed by atoms with E-state index in [9.17, 15) is 4.79 Å². The lowest BCUT2D eigenvalue weighted by molar-refractivity contribution is -0.135. The van der Waals surface area contributed by atoms with Gasteiger partial charge in [0.2, 0.25) is 5.91 Å². The van der Waals surface area contributed by atoms with Gasteiger partial charge in [0, 0.05) is 51.9 Å². The van der Waals surface area contributed by atoms with Gasteiger partial charge in [-0.3, -0.25) is 9.79 Å². The Morgan fingerprint density at radius 3 is 2.89 bits per heavy atom. The average molecular weight is 373 g/mol. The van der Waals surface area contributed by atoms with E-state index in [1.165, 1.54) is 0 Å². The number of allylic oxidation sites excluding steroid dienone is 2. The highest BCUT2D eigenvalue weighted by Gasteiger charge is 2.34. The zero-order valence-electron chi connectivity index (χ0n) is 17.1. The van der Waals surface area contributed by atoms with E-state index in [-0.39, 0.29) is 5.91 Å². The van der Waals surface area contributed by atoms with Gasteiger partial charge in [0.25, 0.3) is 0 Å². The van der Waals surface area contributed by atoms with Crippen molar-refractivity contribution in [3.05, 3.63) is 35.7 Å². The number of aliphatic imine (C=N–C) groups is 2. The Morgan fingerprint density at radius 1 is 1.44 bits per heavy atom. The molecule has 0 bridgehead atoms. The quantitative estimate of drug-likeness (QED) is 0.634. The Morgan fingerprint density at radius 2 is 2.22 bits per heavy atom. The maximum Gasteiger partial charge on any atom is 0.247 e. The Kier molecular flexibility index (Phi) is 7.21. The van der Waals surface area contributed by atoms with E-state index in [0.717, 1.165) is 23.5 Å². The van der Waals surface area contributed by atoms with Gasteiger partial charge < -0.3 is 20.9 Å². The summed E-state index contributed by atoms with van der Waals surface area (Å²) in [5.41, 5.74) is 1.48. The molecule has 0 saturated carbocycles. The third-order valence-electron chi connectivity index (χ3n) is 4.96. The van der Waals surface area contributed by atoms with Crippen LogP contribution < -0.4 is 16.0 Å². The molecule has 0 aliphatic carbocycles. The van der Waals surface area contributed by atoms with Crippen molar-refractivity contribution in [2.75, 3.05) is 33.7 Å². The molecule has 0 aromatic carbocycles. The zero-order chi connectivity index (χ0) is 19.9. The van der Waals surface area contributed by atoms with Crippen molar-refractivity contribution >= 4 is 17.6 Å². The molecule has 2 aliphatic rings. The lowest BCUT2D eigenvalue weighted by Gasteiger charge is -2.34. The molecular weight excluding hydrogens is 340 g/mol. The predicted octanol–water partition coefficient (Wildman–Crippen LogP) is 1.57. The average Bonchev–Trinajstić information content (AvgIpc) is 3.15. The molecule has 0 unspecified atom stereocenters. The van der Waals surface area contributed by atoms with Gasteiger partial charge in [0.15, 0.2) is 5.84 Å². The molecule has 27 heavy (non-hydrogen) atoms. The van der Waals surface area contributed by atoms with E-state index in [4.69, 9.17) is 4.99 Å². The number of carbonyl (C=O) groups is 1. The van der Waals surface area contributed by atoms with E-state index in [0.29, 0.717) is 31.8 Å². The number of likely N-dealkylation sites (N-methyl/N-ethyl adjacent to an activating group) is 1. The molecule has 2 aliphatic heterocycles. The number of amides is 1. The van der Waals surface area contributed by atoms with E-state index in [1.54, 1.807) is 4.90 Å². The van der Waals surface area contributed by atoms with Gasteiger partial charge in [-0.2, -0.15) is 0 Å². The van der Waals surface area contributed by atoms with Gasteiger partial charge in [-0.25, -0.2) is 4.99 Å². The second-order valence-corrected chi connectivity index (χ2v) is 6.92. The first-order valence-corrected chi connectivity index (χ1v) is 9.58. The molecule has 148 valence electrons. The second-order valence-electron chi connectivity index (χ2n) is 6.92. The van der Waals surface area contributed by atoms with Crippen LogP contribution in [-0.4, -0.2) is 61.7 Å². The topological polar surface area (TPSA) is 81.1 Å². The van der Waals surface area contributed by atoms with Gasteiger partial charge in [0.1, 0.15) is 11.4 Å². The molecule has 0 spiro atoms. The number of hydrogen-bond donors (Lipinski definition) is 3. The predicted molar refractivity (Wildman–Crippen MR) is 112 cm³/mol. The van der Waals surface area contributed by atoms with Crippen molar-refractivity contribution in [3.8, 4) is 0 Å². The largest absolute Gasteiger partial charge is 0.394 e. The molecule has 0 radical (unpaired) electrons. The Balaban J connectivity index is 2.19. The summed E-state index contributed by atoms with van der Waals surface area (Å²) in [6.07, 6.45) is 9.26. The van der Waals surface area contributed by atoms with Crippen LogP contribution >= 0.6 is 0 Å². The SMILES string of the molecule is CCN(C)C(=O)[C@@](C)(CC)NC1=NC(C2=CNC/C2=C\C=C/NC)=NCC1. The summed E-state index contributed by atoms with van der Waals surface area (Å²) in [6.45, 7) is 8.04. The molecule has 3 N–H and O–H groups in total. The Labute approximate surface area is 162 Å². The van der Waals surface area contributed by atoms with Gasteiger partial charge in [-0.15, -0.1) is 0 Å². The molecule has 0 aromatic heterocycles. The molecule has 7 heteroatoms. The van der Waals surface area contributed by atoms with Crippen molar-refractivity contribution in [2.24, 2.45) is 9.98 Å². The van der Waals surface area contributed by atoms with E-state index >= 15 is 0 Å². The molecule has 1 amide bonds. The number of nitrogens with one attached hydrogen (secondary N) is 3. The zero-order valence-corrected chi connectivity index (χ0v) is 17.1. The molecule has 2 rings (SSSR count). The number of carbonyl (C=O) groups excluding carboxylic acids is 1. The minimum atomic E-state index is -0.664. The minimum absolute atomic E-state index is 0.0822. The molecule has 7 nitrogen and oxygen atoms in total. The smallest absolute Gasteiger partial charge is 0.247 e. The second kappa shape index (κ2) is 9.39. The van der Waals surface area contributed by atoms with Crippen LogP contribution in [0.2, 0.25) is 0 Å². The van der Waals surface area contributed by atoms with Crippen LogP contribution in [0.3, 0.4) is 0 Å². The standard InChI is InChI=1S/C20H32N6O/c1-6-20(3,19(27)26(5)7-2)25-17-10-12-23-18(24-17)16-14-22-13-15(16)9-8-11-21-4/h8-9,11,14,21-22H,6-7,10,12-13H2,1-5H3,(H,23,24,25)/b11-8-,15-9+/t20-/m1/s1. The molecule has 0 fully saturated rings. The highest BCUT2D eigenvalue weighted by atomic mass is 16.2. The monoisotopic (exact) mass is 372 g/mol. The molecular formula is C20H32N6O. The van der Waals surface area contributed by atoms with Crippen molar-refractivity contribution < 1.29 is 4.79 Å². The van der Waals surface area contributed by atoms with Gasteiger partial charge in [0.05, 0.1) is 0 Å². The van der Waals surface area contributed by atoms with Crippen molar-refractivity contribution in [1.29, 1.82) is 0 Å². The summed E-state index contributed by atoms with van der Waals surface area (Å²) in [5.74, 6) is 1.62. The summed E-state index contributed by atoms with van der Waals surface area (Å²) in [4.78, 5) is 23.9. The summed E-state index contributed by atoms with van der Waals surface area (Å²) in [5, 5.41) is 9.63. The molecule has 0 aromatic rings. The summed E-state index contributed by atoms with van der Waals surface area (Å²) >= 11 is 0. The first-order chi connectivity index (χ1) is 12.9. The fourth-order valence-corrected chi connectivity index (χ4v) is 2.97. The number of hydrogen-bond acceptors (Lipinski definition) is 6. The molecule has 0 saturated heterocycles. The van der Waals surface area contributed by atoms with Crippen LogP contribution in [0.1, 0.15) is 33.6 Å². The highest BCUT2D eigenvalue weighted by Crippen LogP contribution is 2.20. The third kappa shape index (κ3) is 4.99. The molecule has 2 heterocycles. The van der Waals surface area contributed by atoms with Crippen LogP contribution in [0.4, 0.5) is 0 Å². The summed E-state index contributed by atoms with van der Waals surface area (Å²) < 4.78 is 0. The van der Waals surface area contributed by atoms with E-state index in [2.05, 4.69) is 27.0 Å². The fraction of sp³-hybridized carbons (Fsp3) is 0.550. The fourth-order valence-electron chi connectivity index (χ4n) is 2.97. The van der Waals surface area contributed by atoms with Crippen LogP contribution in [0, 0.1) is 0 Å². The Hall–Kier alpha value is -2.57. The van der Waals surface area contributed by atoms with Crippen LogP contribution in [0.5, 0.6) is 0 Å². The third-order valence-corrected chi connectivity index (χ3v) is 4.96. The number of amidine groups is 2. The summed E-state index contributed by atoms with van der Waals surface area (Å²) in [7, 11) is 3.70. The van der Waals surface area contributed by atoms with Gasteiger partial charge >= 0.3 is 0 Å². The van der Waals surface area contributed by atoms with Crippen molar-refractivity contribution in [3.63, 3.8) is 0 Å². The lowest BCUT2D eigenvalue weighted by atomic mass is 9.96. The minimum Gasteiger partial charge on any atom is -0.394 e. The van der Waals surface area contributed by atoms with E-state index in [1.807, 2.05) is 53.3 Å². The van der Waals surface area contributed by atoms with E-state index < -0.39 is 5.54 Å². The van der Waals surface area contributed by atoms with Gasteiger partial charge in [-0.1, -0.05) is 13.0 Å². The first-order valence-electron chi connectivity index (χ1n) is 9.58. The van der Waals surface area contributed by atoms with Crippen LogP contribution in [0.15, 0.2) is 45.7 Å². The lowest BCUT2D eigenvalue weighted by Crippen LogP contribution is -2.57. The highest BCUT2D eigenvalue weighted by molar-refractivity contribution is 6.11. The summed E-state index contributed by atoms with van der Waals surface area (Å²) in [6, 6.07) is 0. The first kappa shape index (κ1) is 20.7. The van der Waals surface area contributed by atoms with Crippen LogP contribution in [0.25, 0.3) is 0 Å². The molecule has 1 atom stereocenters.